The molecule has 166 valence electrons. The molecule has 5 atom stereocenters. The van der Waals surface area contributed by atoms with Crippen LogP contribution < -0.4 is 4.74 Å². The third kappa shape index (κ3) is 3.62. The highest BCUT2D eigenvalue weighted by molar-refractivity contribution is 5.83. The number of hydrogen-bond donors (Lipinski definition) is 1. The van der Waals surface area contributed by atoms with Crippen molar-refractivity contribution in [2.45, 2.75) is 38.5 Å². The average Bonchev–Trinajstić information content (AvgIpc) is 2.84. The molecule has 4 heteroatoms. The van der Waals surface area contributed by atoms with Crippen LogP contribution in [0.15, 0.2) is 67.4 Å². The van der Waals surface area contributed by atoms with Crippen LogP contribution in [0.2, 0.25) is 0 Å². The van der Waals surface area contributed by atoms with Crippen LogP contribution in [-0.2, 0) is 6.54 Å². The molecular weight excluding hydrogens is 396 g/mol. The third-order valence-corrected chi connectivity index (χ3v) is 7.96. The number of aryl methyl sites for hydroxylation is 1. The van der Waals surface area contributed by atoms with Crippen LogP contribution in [0.1, 0.15) is 35.6 Å². The molecule has 3 saturated heterocycles. The lowest BCUT2D eigenvalue weighted by Gasteiger charge is -2.58. The van der Waals surface area contributed by atoms with Crippen LogP contribution in [0.3, 0.4) is 0 Å². The number of rotatable bonds is 6. The predicted octanol–water partition coefficient (Wildman–Crippen LogP) is 5.20. The first kappa shape index (κ1) is 21.2. The predicted molar refractivity (Wildman–Crippen MR) is 128 cm³/mol. The van der Waals surface area contributed by atoms with Crippen molar-refractivity contribution in [1.29, 1.82) is 0 Å². The largest absolute Gasteiger partial charge is 0.497 e. The van der Waals surface area contributed by atoms with Gasteiger partial charge in [-0.05, 0) is 42.7 Å². The first-order valence-corrected chi connectivity index (χ1v) is 11.7. The number of quaternary nitrogens is 1. The van der Waals surface area contributed by atoms with Gasteiger partial charge in [-0.15, -0.1) is 6.58 Å². The molecule has 0 saturated carbocycles. The van der Waals surface area contributed by atoms with E-state index in [9.17, 15) is 5.11 Å². The number of ether oxygens (including phenoxy) is 1. The van der Waals surface area contributed by atoms with Gasteiger partial charge in [-0.1, -0.05) is 35.9 Å². The molecule has 0 radical (unpaired) electrons. The van der Waals surface area contributed by atoms with Gasteiger partial charge in [0.25, 0.3) is 0 Å². The van der Waals surface area contributed by atoms with Gasteiger partial charge in [0, 0.05) is 35.9 Å². The summed E-state index contributed by atoms with van der Waals surface area (Å²) in [6.07, 6.45) is 5.66. The number of aliphatic hydroxyl groups is 1. The molecule has 3 aromatic rings. The second kappa shape index (κ2) is 8.34. The maximum atomic E-state index is 11.9. The zero-order valence-electron chi connectivity index (χ0n) is 19.1. The molecule has 5 unspecified atom stereocenters. The number of benzene rings is 2. The summed E-state index contributed by atoms with van der Waals surface area (Å²) in [6.45, 7) is 9.39. The van der Waals surface area contributed by atoms with Gasteiger partial charge in [0.05, 0.1) is 25.7 Å². The quantitative estimate of drug-likeness (QED) is 0.433. The van der Waals surface area contributed by atoms with Crippen molar-refractivity contribution in [3.8, 4) is 5.75 Å². The molecule has 3 fully saturated rings. The summed E-state index contributed by atoms with van der Waals surface area (Å²) >= 11 is 0. The number of piperidine rings is 3. The number of aromatic nitrogens is 1. The van der Waals surface area contributed by atoms with Crippen LogP contribution in [0.25, 0.3) is 10.9 Å². The number of methoxy groups -OCH3 is 1. The molecule has 1 aromatic heterocycles. The molecule has 2 aromatic carbocycles. The standard InChI is InChI=1S/C28H33N2O2/c1-4-21-18-30(17-20-7-5-19(2)6-8-20)14-12-22(21)15-27(30)28(31)24-11-13-29-26-10-9-23(32-3)16-25(24)26/h4-11,13,16,21-22,27-28,31H,1,12,14-15,17-18H2,2-3H3/q+1. The van der Waals surface area contributed by atoms with Gasteiger partial charge in [-0.2, -0.15) is 0 Å². The van der Waals surface area contributed by atoms with Gasteiger partial charge in [-0.3, -0.25) is 4.98 Å². The first-order valence-electron chi connectivity index (χ1n) is 11.7. The minimum absolute atomic E-state index is 0.156. The summed E-state index contributed by atoms with van der Waals surface area (Å²) in [4.78, 5) is 4.53. The first-order chi connectivity index (χ1) is 15.5. The Bertz CT molecular complexity index is 1130. The van der Waals surface area contributed by atoms with Crippen molar-refractivity contribution in [3.63, 3.8) is 0 Å². The second-order valence-corrected chi connectivity index (χ2v) is 9.75. The SMILES string of the molecule is C=CC1C[N+]2(Cc3ccc(C)cc3)CCC1CC2C(O)c1ccnc2ccc(OC)cc12. The lowest BCUT2D eigenvalue weighted by molar-refractivity contribution is -0.984. The summed E-state index contributed by atoms with van der Waals surface area (Å²) < 4.78 is 6.39. The van der Waals surface area contributed by atoms with Gasteiger partial charge in [0.15, 0.2) is 0 Å². The lowest BCUT2D eigenvalue weighted by Crippen LogP contribution is -2.67. The van der Waals surface area contributed by atoms with E-state index in [2.05, 4.69) is 48.8 Å². The summed E-state index contributed by atoms with van der Waals surface area (Å²) in [6, 6.07) is 17.0. The van der Waals surface area contributed by atoms with Crippen molar-refractivity contribution in [2.75, 3.05) is 20.2 Å². The molecule has 3 aliphatic rings. The Morgan fingerprint density at radius 3 is 2.78 bits per heavy atom. The minimum Gasteiger partial charge on any atom is -0.497 e. The summed E-state index contributed by atoms with van der Waals surface area (Å²) in [5.74, 6) is 1.92. The van der Waals surface area contributed by atoms with Crippen molar-refractivity contribution in [2.24, 2.45) is 11.8 Å². The van der Waals surface area contributed by atoms with E-state index < -0.39 is 6.10 Å². The number of nitrogens with zero attached hydrogens (tertiary/aromatic N) is 2. The van der Waals surface area contributed by atoms with Crippen molar-refractivity contribution in [3.05, 3.63) is 84.1 Å². The molecule has 6 rings (SSSR count). The van der Waals surface area contributed by atoms with Gasteiger partial charge < -0.3 is 14.3 Å². The maximum absolute atomic E-state index is 11.9. The Hall–Kier alpha value is -2.69. The van der Waals surface area contributed by atoms with Crippen molar-refractivity contribution < 1.29 is 14.3 Å². The van der Waals surface area contributed by atoms with E-state index in [0.29, 0.717) is 11.8 Å². The summed E-state index contributed by atoms with van der Waals surface area (Å²) in [7, 11) is 1.68. The van der Waals surface area contributed by atoms with Crippen LogP contribution in [0.4, 0.5) is 0 Å². The Morgan fingerprint density at radius 2 is 2.03 bits per heavy atom. The van der Waals surface area contributed by atoms with Gasteiger partial charge >= 0.3 is 0 Å². The Balaban J connectivity index is 1.55. The fourth-order valence-corrected chi connectivity index (χ4v) is 6.18. The van der Waals surface area contributed by atoms with Gasteiger partial charge in [0.2, 0.25) is 0 Å². The highest BCUT2D eigenvalue weighted by Gasteiger charge is 2.53. The molecular formula is C28H33N2O2+. The second-order valence-electron chi connectivity index (χ2n) is 9.75. The molecule has 0 aliphatic carbocycles. The van der Waals surface area contributed by atoms with E-state index in [1.54, 1.807) is 7.11 Å². The highest BCUT2D eigenvalue weighted by Crippen LogP contribution is 2.48. The normalized spacial score (nSPS) is 27.9. The fourth-order valence-electron chi connectivity index (χ4n) is 6.18. The topological polar surface area (TPSA) is 42.4 Å². The molecule has 0 spiro atoms. The Morgan fingerprint density at radius 1 is 1.22 bits per heavy atom. The number of aliphatic hydroxyl groups excluding tert-OH is 1. The summed E-state index contributed by atoms with van der Waals surface area (Å²) in [5.41, 5.74) is 4.48. The fraction of sp³-hybridized carbons (Fsp3) is 0.393. The molecule has 3 aliphatic heterocycles. The van der Waals surface area contributed by atoms with E-state index in [-0.39, 0.29) is 6.04 Å². The van der Waals surface area contributed by atoms with Gasteiger partial charge in [-0.25, -0.2) is 0 Å². The molecule has 1 N–H and O–H groups in total. The van der Waals surface area contributed by atoms with E-state index in [4.69, 9.17) is 4.74 Å². The summed E-state index contributed by atoms with van der Waals surface area (Å²) in [5, 5.41) is 12.8. The van der Waals surface area contributed by atoms with Crippen LogP contribution in [0, 0.1) is 18.8 Å². The number of hydrogen-bond acceptors (Lipinski definition) is 3. The van der Waals surface area contributed by atoms with Crippen LogP contribution in [0.5, 0.6) is 5.75 Å². The molecule has 4 nitrogen and oxygen atoms in total. The van der Waals surface area contributed by atoms with Crippen molar-refractivity contribution >= 4 is 10.9 Å². The van der Waals surface area contributed by atoms with E-state index >= 15 is 0 Å². The third-order valence-electron chi connectivity index (χ3n) is 7.96. The molecule has 4 heterocycles. The zero-order chi connectivity index (χ0) is 22.3. The smallest absolute Gasteiger partial charge is 0.131 e. The van der Waals surface area contributed by atoms with E-state index in [1.165, 1.54) is 17.5 Å². The lowest BCUT2D eigenvalue weighted by atomic mass is 9.71. The Labute approximate surface area is 190 Å². The van der Waals surface area contributed by atoms with E-state index in [1.807, 2.05) is 30.5 Å². The molecule has 32 heavy (non-hydrogen) atoms. The molecule has 0 amide bonds. The molecule has 2 bridgehead atoms. The highest BCUT2D eigenvalue weighted by atomic mass is 16.5. The number of fused-ring (bicyclic) bond motifs is 4. The Kier molecular flexibility index (Phi) is 5.52. The van der Waals surface area contributed by atoms with Crippen LogP contribution in [-0.4, -0.2) is 40.8 Å². The van der Waals surface area contributed by atoms with E-state index in [0.717, 1.165) is 52.8 Å². The minimum atomic E-state index is -0.549. The van der Waals surface area contributed by atoms with Gasteiger partial charge in [0.1, 0.15) is 24.4 Å². The van der Waals surface area contributed by atoms with Crippen LogP contribution >= 0.6 is 0 Å². The van der Waals surface area contributed by atoms with Crippen molar-refractivity contribution in [1.82, 2.24) is 4.98 Å². The number of pyridine rings is 1. The zero-order valence-corrected chi connectivity index (χ0v) is 19.1. The monoisotopic (exact) mass is 429 g/mol. The maximum Gasteiger partial charge on any atom is 0.131 e. The average molecular weight is 430 g/mol.